The van der Waals surface area contributed by atoms with Crippen LogP contribution in [0.25, 0.3) is 11.3 Å². The Bertz CT molecular complexity index is 587. The van der Waals surface area contributed by atoms with Crippen molar-refractivity contribution in [3.63, 3.8) is 0 Å². The molecule has 2 aromatic rings. The van der Waals surface area contributed by atoms with Gasteiger partial charge in [-0.25, -0.2) is 9.97 Å². The molecule has 7 heteroatoms. The molecule has 0 bridgehead atoms. The Balaban J connectivity index is 2.57. The van der Waals surface area contributed by atoms with E-state index < -0.39 is 11.7 Å². The Kier molecular flexibility index (Phi) is 3.13. The minimum Gasteiger partial charge on any atom is -0.507 e. The molecule has 0 spiro atoms. The second-order valence-corrected chi connectivity index (χ2v) is 3.78. The molecule has 0 fully saturated rings. The summed E-state index contributed by atoms with van der Waals surface area (Å²) in [4.78, 5) is 7.37. The fourth-order valence-corrected chi connectivity index (χ4v) is 1.55. The van der Waals surface area contributed by atoms with Crippen LogP contribution in [0.3, 0.4) is 0 Å². The summed E-state index contributed by atoms with van der Waals surface area (Å²) in [5, 5.41) is 9.47. The SMILES string of the molecule is Oc1ccc(C(F)(F)F)cc1-c1ccnc(Cl)n1. The highest BCUT2D eigenvalue weighted by Crippen LogP contribution is 2.36. The number of phenolic OH excluding ortho intramolecular Hbond substituents is 1. The topological polar surface area (TPSA) is 46.0 Å². The second kappa shape index (κ2) is 4.45. The van der Waals surface area contributed by atoms with Gasteiger partial charge in [0.05, 0.1) is 11.3 Å². The van der Waals surface area contributed by atoms with E-state index in [9.17, 15) is 18.3 Å². The van der Waals surface area contributed by atoms with Crippen LogP contribution < -0.4 is 0 Å². The van der Waals surface area contributed by atoms with Crippen molar-refractivity contribution < 1.29 is 18.3 Å². The van der Waals surface area contributed by atoms with Gasteiger partial charge in [-0.15, -0.1) is 0 Å². The average molecular weight is 275 g/mol. The molecule has 0 saturated carbocycles. The number of halogens is 4. The summed E-state index contributed by atoms with van der Waals surface area (Å²) < 4.78 is 37.7. The van der Waals surface area contributed by atoms with Gasteiger partial charge in [-0.05, 0) is 35.9 Å². The Morgan fingerprint density at radius 1 is 1.17 bits per heavy atom. The summed E-state index contributed by atoms with van der Waals surface area (Å²) in [6, 6.07) is 3.94. The van der Waals surface area contributed by atoms with E-state index in [1.807, 2.05) is 0 Å². The van der Waals surface area contributed by atoms with Crippen molar-refractivity contribution in [3.05, 3.63) is 41.3 Å². The molecule has 0 radical (unpaired) electrons. The van der Waals surface area contributed by atoms with Crippen molar-refractivity contribution in [2.45, 2.75) is 6.18 Å². The molecule has 1 aromatic heterocycles. The molecule has 3 nitrogen and oxygen atoms in total. The van der Waals surface area contributed by atoms with E-state index >= 15 is 0 Å². The van der Waals surface area contributed by atoms with E-state index in [-0.39, 0.29) is 22.3 Å². The molecule has 0 saturated heterocycles. The highest BCUT2D eigenvalue weighted by molar-refractivity contribution is 6.28. The number of aromatic hydroxyl groups is 1. The van der Waals surface area contributed by atoms with Gasteiger partial charge in [-0.3, -0.25) is 0 Å². The first kappa shape index (κ1) is 12.6. The number of alkyl halides is 3. The molecule has 18 heavy (non-hydrogen) atoms. The van der Waals surface area contributed by atoms with Crippen LogP contribution in [0.2, 0.25) is 5.28 Å². The molecule has 0 aliphatic rings. The molecular weight excluding hydrogens is 269 g/mol. The van der Waals surface area contributed by atoms with Crippen LogP contribution in [0.15, 0.2) is 30.5 Å². The van der Waals surface area contributed by atoms with Gasteiger partial charge < -0.3 is 5.11 Å². The number of benzene rings is 1. The van der Waals surface area contributed by atoms with Gasteiger partial charge in [0.15, 0.2) is 0 Å². The lowest BCUT2D eigenvalue weighted by Crippen LogP contribution is -2.04. The zero-order valence-corrected chi connectivity index (χ0v) is 9.50. The Morgan fingerprint density at radius 3 is 2.50 bits per heavy atom. The summed E-state index contributed by atoms with van der Waals surface area (Å²) in [6.07, 6.45) is -3.19. The maximum Gasteiger partial charge on any atom is 0.416 e. The van der Waals surface area contributed by atoms with Crippen LogP contribution in [-0.4, -0.2) is 15.1 Å². The van der Waals surface area contributed by atoms with Gasteiger partial charge in [0.25, 0.3) is 0 Å². The van der Waals surface area contributed by atoms with Gasteiger partial charge in [0, 0.05) is 11.8 Å². The second-order valence-electron chi connectivity index (χ2n) is 3.44. The summed E-state index contributed by atoms with van der Waals surface area (Å²) in [6.45, 7) is 0. The van der Waals surface area contributed by atoms with Gasteiger partial charge in [0.2, 0.25) is 5.28 Å². The number of nitrogens with zero attached hydrogens (tertiary/aromatic N) is 2. The lowest BCUT2D eigenvalue weighted by Gasteiger charge is -2.10. The van der Waals surface area contributed by atoms with E-state index in [1.54, 1.807) is 0 Å². The lowest BCUT2D eigenvalue weighted by atomic mass is 10.1. The number of hydrogen-bond donors (Lipinski definition) is 1. The molecule has 1 N–H and O–H groups in total. The van der Waals surface area contributed by atoms with Crippen molar-refractivity contribution in [2.24, 2.45) is 0 Å². The number of aromatic nitrogens is 2. The van der Waals surface area contributed by atoms with E-state index in [0.717, 1.165) is 18.2 Å². The first-order valence-electron chi connectivity index (χ1n) is 4.77. The first-order valence-corrected chi connectivity index (χ1v) is 5.15. The van der Waals surface area contributed by atoms with Gasteiger partial charge in [0.1, 0.15) is 5.75 Å². The Morgan fingerprint density at radius 2 is 1.89 bits per heavy atom. The van der Waals surface area contributed by atoms with Crippen molar-refractivity contribution >= 4 is 11.6 Å². The third-order valence-corrected chi connectivity index (χ3v) is 2.41. The largest absolute Gasteiger partial charge is 0.507 e. The molecule has 94 valence electrons. The van der Waals surface area contributed by atoms with Crippen molar-refractivity contribution in [3.8, 4) is 17.0 Å². The molecule has 1 aromatic carbocycles. The van der Waals surface area contributed by atoms with Crippen LogP contribution >= 0.6 is 11.6 Å². The maximum atomic E-state index is 12.6. The number of phenols is 1. The van der Waals surface area contributed by atoms with Crippen LogP contribution in [0.4, 0.5) is 13.2 Å². The van der Waals surface area contributed by atoms with Crippen LogP contribution in [0.5, 0.6) is 5.75 Å². The van der Waals surface area contributed by atoms with Crippen LogP contribution in [-0.2, 0) is 6.18 Å². The van der Waals surface area contributed by atoms with Crippen LogP contribution in [0, 0.1) is 0 Å². The zero-order chi connectivity index (χ0) is 13.3. The molecule has 2 rings (SSSR count). The molecular formula is C11H6ClF3N2O. The average Bonchev–Trinajstić information content (AvgIpc) is 2.28. The fourth-order valence-electron chi connectivity index (χ4n) is 1.40. The van der Waals surface area contributed by atoms with Crippen molar-refractivity contribution in [1.82, 2.24) is 9.97 Å². The summed E-state index contributed by atoms with van der Waals surface area (Å²) in [5.41, 5.74) is -0.794. The predicted octanol–water partition coefficient (Wildman–Crippen LogP) is 3.52. The molecule has 0 unspecified atom stereocenters. The zero-order valence-electron chi connectivity index (χ0n) is 8.74. The summed E-state index contributed by atoms with van der Waals surface area (Å²) in [5.74, 6) is -0.308. The van der Waals surface area contributed by atoms with Gasteiger partial charge >= 0.3 is 6.18 Å². The monoisotopic (exact) mass is 274 g/mol. The fraction of sp³-hybridized carbons (Fsp3) is 0.0909. The third-order valence-electron chi connectivity index (χ3n) is 2.23. The van der Waals surface area contributed by atoms with Crippen LogP contribution in [0.1, 0.15) is 5.56 Å². The van der Waals surface area contributed by atoms with Gasteiger partial charge in [-0.2, -0.15) is 13.2 Å². The normalized spacial score (nSPS) is 11.6. The lowest BCUT2D eigenvalue weighted by molar-refractivity contribution is -0.137. The minimum absolute atomic E-state index is 0.0471. The molecule has 0 amide bonds. The van der Waals surface area contributed by atoms with Crippen molar-refractivity contribution in [1.29, 1.82) is 0 Å². The quantitative estimate of drug-likeness (QED) is 0.809. The Hall–Kier alpha value is -1.82. The van der Waals surface area contributed by atoms with E-state index in [1.165, 1.54) is 12.3 Å². The predicted molar refractivity (Wildman–Crippen MR) is 59.1 cm³/mol. The Labute approximate surface area is 105 Å². The minimum atomic E-state index is -4.49. The standard InChI is InChI=1S/C11H6ClF3N2O/c12-10-16-4-3-8(17-10)7-5-6(11(13,14)15)1-2-9(7)18/h1-5,18H. The summed E-state index contributed by atoms with van der Waals surface area (Å²) in [7, 11) is 0. The molecule has 0 aliphatic heterocycles. The highest BCUT2D eigenvalue weighted by atomic mass is 35.5. The van der Waals surface area contributed by atoms with E-state index in [0.29, 0.717) is 0 Å². The molecule has 0 atom stereocenters. The maximum absolute atomic E-state index is 12.6. The highest BCUT2D eigenvalue weighted by Gasteiger charge is 2.31. The van der Waals surface area contributed by atoms with Crippen molar-refractivity contribution in [2.75, 3.05) is 0 Å². The smallest absolute Gasteiger partial charge is 0.416 e. The first-order chi connectivity index (χ1) is 8.38. The molecule has 1 heterocycles. The van der Waals surface area contributed by atoms with Gasteiger partial charge in [-0.1, -0.05) is 0 Å². The number of hydrogen-bond acceptors (Lipinski definition) is 3. The third kappa shape index (κ3) is 2.53. The summed E-state index contributed by atoms with van der Waals surface area (Å²) >= 11 is 5.55. The molecule has 0 aliphatic carbocycles. The number of rotatable bonds is 1. The van der Waals surface area contributed by atoms with E-state index in [2.05, 4.69) is 9.97 Å². The van der Waals surface area contributed by atoms with E-state index in [4.69, 9.17) is 11.6 Å².